The highest BCUT2D eigenvalue weighted by molar-refractivity contribution is 5.99. The zero-order valence-corrected chi connectivity index (χ0v) is 15.1. The normalized spacial score (nSPS) is 16.9. The SMILES string of the molecule is O=C(c1ccccc1NCc1cc(F)ccc1OC(F)F)N1CCCC(O)C1. The Bertz CT molecular complexity index is 832. The fourth-order valence-electron chi connectivity index (χ4n) is 3.22. The topological polar surface area (TPSA) is 61.8 Å². The zero-order valence-electron chi connectivity index (χ0n) is 15.1. The number of carbonyl (C=O) groups is 1. The predicted molar refractivity (Wildman–Crippen MR) is 97.9 cm³/mol. The summed E-state index contributed by atoms with van der Waals surface area (Å²) in [6.07, 6.45) is 0.843. The van der Waals surface area contributed by atoms with Crippen LogP contribution in [0.5, 0.6) is 5.75 Å². The third-order valence-corrected chi connectivity index (χ3v) is 4.55. The molecule has 1 atom stereocenters. The van der Waals surface area contributed by atoms with Gasteiger partial charge in [-0.25, -0.2) is 4.39 Å². The number of hydrogen-bond acceptors (Lipinski definition) is 4. The molecular weight excluding hydrogens is 373 g/mol. The van der Waals surface area contributed by atoms with Gasteiger partial charge in [0.25, 0.3) is 5.91 Å². The lowest BCUT2D eigenvalue weighted by Crippen LogP contribution is -2.42. The Balaban J connectivity index is 1.77. The minimum Gasteiger partial charge on any atom is -0.434 e. The molecule has 0 saturated carbocycles. The number of likely N-dealkylation sites (tertiary alicyclic amines) is 1. The molecule has 150 valence electrons. The average molecular weight is 394 g/mol. The smallest absolute Gasteiger partial charge is 0.387 e. The quantitative estimate of drug-likeness (QED) is 0.786. The summed E-state index contributed by atoms with van der Waals surface area (Å²) < 4.78 is 43.1. The van der Waals surface area contributed by atoms with Crippen molar-refractivity contribution in [2.75, 3.05) is 18.4 Å². The number of rotatable bonds is 6. The Morgan fingerprint density at radius 1 is 1.29 bits per heavy atom. The number of nitrogens with one attached hydrogen (secondary N) is 1. The fourth-order valence-corrected chi connectivity index (χ4v) is 3.22. The van der Waals surface area contributed by atoms with Crippen LogP contribution in [0.2, 0.25) is 0 Å². The number of amides is 1. The highest BCUT2D eigenvalue weighted by atomic mass is 19.3. The number of nitrogens with zero attached hydrogens (tertiary/aromatic N) is 1. The van der Waals surface area contributed by atoms with E-state index in [1.54, 1.807) is 29.2 Å². The molecule has 1 heterocycles. The number of alkyl halides is 2. The van der Waals surface area contributed by atoms with Crippen molar-refractivity contribution in [2.45, 2.75) is 32.1 Å². The van der Waals surface area contributed by atoms with E-state index in [9.17, 15) is 23.1 Å². The van der Waals surface area contributed by atoms with Crippen LogP contribution in [0.15, 0.2) is 42.5 Å². The summed E-state index contributed by atoms with van der Waals surface area (Å²) in [6, 6.07) is 10.1. The van der Waals surface area contributed by atoms with E-state index in [0.29, 0.717) is 24.2 Å². The van der Waals surface area contributed by atoms with Crippen LogP contribution in [0.4, 0.5) is 18.9 Å². The molecule has 1 aliphatic rings. The van der Waals surface area contributed by atoms with Gasteiger partial charge in [0.2, 0.25) is 0 Å². The van der Waals surface area contributed by atoms with Crippen molar-refractivity contribution in [1.29, 1.82) is 0 Å². The first-order valence-electron chi connectivity index (χ1n) is 8.97. The van der Waals surface area contributed by atoms with Gasteiger partial charge in [0.15, 0.2) is 0 Å². The van der Waals surface area contributed by atoms with Gasteiger partial charge in [0.1, 0.15) is 11.6 Å². The number of anilines is 1. The second-order valence-electron chi connectivity index (χ2n) is 6.58. The molecular formula is C20H21F3N2O3. The predicted octanol–water partition coefficient (Wildman–Crippen LogP) is 3.64. The van der Waals surface area contributed by atoms with Gasteiger partial charge in [-0.2, -0.15) is 8.78 Å². The molecule has 3 rings (SSSR count). The Kier molecular flexibility index (Phi) is 6.41. The van der Waals surface area contributed by atoms with Gasteiger partial charge >= 0.3 is 6.61 Å². The molecule has 0 spiro atoms. The van der Waals surface area contributed by atoms with Crippen LogP contribution in [-0.2, 0) is 6.54 Å². The summed E-state index contributed by atoms with van der Waals surface area (Å²) in [6.45, 7) is -2.21. The average Bonchev–Trinajstić information content (AvgIpc) is 2.67. The van der Waals surface area contributed by atoms with Crippen molar-refractivity contribution in [3.05, 3.63) is 59.4 Å². The van der Waals surface area contributed by atoms with E-state index in [1.807, 2.05) is 0 Å². The summed E-state index contributed by atoms with van der Waals surface area (Å²) in [5.74, 6) is -0.943. The maximum atomic E-state index is 13.5. The van der Waals surface area contributed by atoms with E-state index in [2.05, 4.69) is 10.1 Å². The van der Waals surface area contributed by atoms with Gasteiger partial charge < -0.3 is 20.1 Å². The van der Waals surface area contributed by atoms with Gasteiger partial charge in [-0.15, -0.1) is 0 Å². The molecule has 5 nitrogen and oxygen atoms in total. The highest BCUT2D eigenvalue weighted by Crippen LogP contribution is 2.25. The van der Waals surface area contributed by atoms with E-state index >= 15 is 0 Å². The first-order chi connectivity index (χ1) is 13.4. The number of benzene rings is 2. The maximum Gasteiger partial charge on any atom is 0.387 e. The summed E-state index contributed by atoms with van der Waals surface area (Å²) >= 11 is 0. The maximum absolute atomic E-state index is 13.5. The van der Waals surface area contributed by atoms with Gasteiger partial charge in [-0.3, -0.25) is 4.79 Å². The van der Waals surface area contributed by atoms with E-state index in [0.717, 1.165) is 24.6 Å². The van der Waals surface area contributed by atoms with Crippen molar-refractivity contribution in [2.24, 2.45) is 0 Å². The number of piperidine rings is 1. The Morgan fingerprint density at radius 2 is 2.07 bits per heavy atom. The van der Waals surface area contributed by atoms with Gasteiger partial charge in [-0.05, 0) is 43.2 Å². The molecule has 1 fully saturated rings. The largest absolute Gasteiger partial charge is 0.434 e. The van der Waals surface area contributed by atoms with Crippen LogP contribution in [0.3, 0.4) is 0 Å². The molecule has 0 aliphatic carbocycles. The van der Waals surface area contributed by atoms with Gasteiger partial charge in [0, 0.05) is 30.9 Å². The zero-order chi connectivity index (χ0) is 20.1. The molecule has 0 bridgehead atoms. The Hall–Kier alpha value is -2.74. The minimum atomic E-state index is -3.02. The van der Waals surface area contributed by atoms with Crippen molar-refractivity contribution < 1.29 is 27.8 Å². The van der Waals surface area contributed by atoms with Crippen LogP contribution in [0, 0.1) is 5.82 Å². The van der Waals surface area contributed by atoms with Crippen LogP contribution in [0.1, 0.15) is 28.8 Å². The van der Waals surface area contributed by atoms with Crippen molar-refractivity contribution in [1.82, 2.24) is 4.90 Å². The van der Waals surface area contributed by atoms with Crippen molar-refractivity contribution in [3.63, 3.8) is 0 Å². The van der Waals surface area contributed by atoms with Crippen LogP contribution < -0.4 is 10.1 Å². The molecule has 1 saturated heterocycles. The van der Waals surface area contributed by atoms with Crippen LogP contribution in [-0.4, -0.2) is 41.7 Å². The third kappa shape index (κ3) is 4.95. The van der Waals surface area contributed by atoms with Gasteiger partial charge in [0.05, 0.1) is 11.7 Å². The number of para-hydroxylation sites is 1. The lowest BCUT2D eigenvalue weighted by molar-refractivity contribution is -0.0504. The Labute approximate surface area is 160 Å². The Morgan fingerprint density at radius 3 is 2.82 bits per heavy atom. The summed E-state index contributed by atoms with van der Waals surface area (Å²) in [7, 11) is 0. The molecule has 1 amide bonds. The number of halogens is 3. The lowest BCUT2D eigenvalue weighted by Gasteiger charge is -2.30. The molecule has 1 unspecified atom stereocenters. The molecule has 8 heteroatoms. The standard InChI is InChI=1S/C20H21F3N2O3/c21-14-7-8-18(28-20(22)23)13(10-14)11-24-17-6-2-1-5-16(17)19(27)25-9-3-4-15(26)12-25/h1-2,5-8,10,15,20,24,26H,3-4,9,11-12H2. The number of ether oxygens (including phenoxy) is 1. The summed E-state index contributed by atoms with van der Waals surface area (Å²) in [4.78, 5) is 14.4. The van der Waals surface area contributed by atoms with Crippen LogP contribution in [0.25, 0.3) is 0 Å². The summed E-state index contributed by atoms with van der Waals surface area (Å²) in [5.41, 5.74) is 1.08. The highest BCUT2D eigenvalue weighted by Gasteiger charge is 2.24. The lowest BCUT2D eigenvalue weighted by atomic mass is 10.1. The fraction of sp³-hybridized carbons (Fsp3) is 0.350. The van der Waals surface area contributed by atoms with Gasteiger partial charge in [-0.1, -0.05) is 12.1 Å². The molecule has 0 radical (unpaired) electrons. The molecule has 2 aromatic carbocycles. The van der Waals surface area contributed by atoms with E-state index in [-0.39, 0.29) is 30.3 Å². The number of β-amino-alcohol motifs (C(OH)–C–C–N with tert-alkyl or cyclic N) is 1. The summed E-state index contributed by atoms with van der Waals surface area (Å²) in [5, 5.41) is 12.8. The first kappa shape index (κ1) is 20.0. The molecule has 28 heavy (non-hydrogen) atoms. The molecule has 2 aromatic rings. The number of aliphatic hydroxyl groups is 1. The number of carbonyl (C=O) groups excluding carboxylic acids is 1. The third-order valence-electron chi connectivity index (χ3n) is 4.55. The van der Waals surface area contributed by atoms with Crippen molar-refractivity contribution in [3.8, 4) is 5.75 Å². The second kappa shape index (κ2) is 8.97. The first-order valence-corrected chi connectivity index (χ1v) is 8.97. The van der Waals surface area contributed by atoms with Crippen molar-refractivity contribution >= 4 is 11.6 Å². The second-order valence-corrected chi connectivity index (χ2v) is 6.58. The van der Waals surface area contributed by atoms with E-state index in [4.69, 9.17) is 0 Å². The molecule has 0 aromatic heterocycles. The van der Waals surface area contributed by atoms with E-state index in [1.165, 1.54) is 0 Å². The number of hydrogen-bond donors (Lipinski definition) is 2. The van der Waals surface area contributed by atoms with E-state index < -0.39 is 18.5 Å². The monoisotopic (exact) mass is 394 g/mol. The molecule has 2 N–H and O–H groups in total. The van der Waals surface area contributed by atoms with Crippen LogP contribution >= 0.6 is 0 Å². The number of aliphatic hydroxyl groups excluding tert-OH is 1. The molecule has 1 aliphatic heterocycles. The minimum absolute atomic E-state index is 0.00721.